The number of rotatable bonds is 6. The summed E-state index contributed by atoms with van der Waals surface area (Å²) in [5, 5.41) is 3.01. The highest BCUT2D eigenvalue weighted by molar-refractivity contribution is 6.04. The second-order valence-electron chi connectivity index (χ2n) is 7.68. The van der Waals surface area contributed by atoms with Crippen LogP contribution in [0.3, 0.4) is 0 Å². The van der Waals surface area contributed by atoms with Crippen molar-refractivity contribution in [3.63, 3.8) is 0 Å². The third-order valence-electron chi connectivity index (χ3n) is 5.56. The molecule has 1 aliphatic heterocycles. The molecule has 0 bridgehead atoms. The Morgan fingerprint density at radius 2 is 1.75 bits per heavy atom. The summed E-state index contributed by atoms with van der Waals surface area (Å²) in [6.07, 6.45) is 0. The van der Waals surface area contributed by atoms with Crippen LogP contribution in [0.15, 0.2) is 48.5 Å². The van der Waals surface area contributed by atoms with E-state index < -0.39 is 0 Å². The molecule has 28 heavy (non-hydrogen) atoms. The van der Waals surface area contributed by atoms with Crippen molar-refractivity contribution in [2.24, 2.45) is 0 Å². The van der Waals surface area contributed by atoms with Crippen LogP contribution in [0.25, 0.3) is 0 Å². The molecule has 2 aromatic rings. The topological polar surface area (TPSA) is 38.8 Å². The molecule has 0 radical (unpaired) electrons. The van der Waals surface area contributed by atoms with Crippen LogP contribution in [0.2, 0.25) is 0 Å². The summed E-state index contributed by atoms with van der Waals surface area (Å²) in [6.45, 7) is 11.8. The molecule has 1 amide bonds. The Bertz CT molecular complexity index is 779. The predicted molar refractivity (Wildman–Crippen MR) is 119 cm³/mol. The Kier molecular flexibility index (Phi) is 6.57. The molecule has 2 aromatic carbocycles. The summed E-state index contributed by atoms with van der Waals surface area (Å²) in [7, 11) is 2.04. The number of carbonyl (C=O) groups is 1. The van der Waals surface area contributed by atoms with Crippen molar-refractivity contribution in [2.45, 2.75) is 26.8 Å². The highest BCUT2D eigenvalue weighted by Crippen LogP contribution is 2.21. The molecule has 5 heteroatoms. The van der Waals surface area contributed by atoms with Crippen molar-refractivity contribution in [1.29, 1.82) is 0 Å². The SMILES string of the molecule is CCN(C)c1cccc(NC(=O)c2ccc(N3CCN(C(C)C)CC3)cc2)c1. The number of carbonyl (C=O) groups excluding carboxylic acids is 1. The van der Waals surface area contributed by atoms with Crippen LogP contribution in [0.4, 0.5) is 17.1 Å². The highest BCUT2D eigenvalue weighted by Gasteiger charge is 2.19. The smallest absolute Gasteiger partial charge is 0.255 e. The van der Waals surface area contributed by atoms with Crippen molar-refractivity contribution in [3.05, 3.63) is 54.1 Å². The Labute approximate surface area is 168 Å². The van der Waals surface area contributed by atoms with Crippen molar-refractivity contribution < 1.29 is 4.79 Å². The molecule has 150 valence electrons. The minimum absolute atomic E-state index is 0.0764. The molecule has 1 aliphatic rings. The summed E-state index contributed by atoms with van der Waals surface area (Å²) in [5.41, 5.74) is 3.78. The van der Waals surface area contributed by atoms with Gasteiger partial charge in [0.15, 0.2) is 0 Å². The third kappa shape index (κ3) is 4.84. The quantitative estimate of drug-likeness (QED) is 0.824. The molecule has 0 atom stereocenters. The number of amides is 1. The average molecular weight is 381 g/mol. The van der Waals surface area contributed by atoms with Gasteiger partial charge in [0.25, 0.3) is 5.91 Å². The summed E-state index contributed by atoms with van der Waals surface area (Å²) < 4.78 is 0. The molecule has 3 rings (SSSR count). The van der Waals surface area contributed by atoms with E-state index in [-0.39, 0.29) is 5.91 Å². The number of anilines is 3. The average Bonchev–Trinajstić information content (AvgIpc) is 2.73. The number of nitrogens with one attached hydrogen (secondary N) is 1. The molecule has 5 nitrogen and oxygen atoms in total. The van der Waals surface area contributed by atoms with Crippen LogP contribution in [-0.2, 0) is 0 Å². The van der Waals surface area contributed by atoms with E-state index in [1.54, 1.807) is 0 Å². The number of piperazine rings is 1. The van der Waals surface area contributed by atoms with Crippen LogP contribution >= 0.6 is 0 Å². The van der Waals surface area contributed by atoms with Gasteiger partial charge in [-0.3, -0.25) is 9.69 Å². The Balaban J connectivity index is 1.61. The Hall–Kier alpha value is -2.53. The molecule has 0 spiro atoms. The van der Waals surface area contributed by atoms with E-state index in [0.717, 1.165) is 44.1 Å². The zero-order valence-corrected chi connectivity index (χ0v) is 17.5. The van der Waals surface area contributed by atoms with E-state index >= 15 is 0 Å². The van der Waals surface area contributed by atoms with E-state index in [9.17, 15) is 4.79 Å². The fourth-order valence-corrected chi connectivity index (χ4v) is 3.53. The molecule has 1 saturated heterocycles. The fourth-order valence-electron chi connectivity index (χ4n) is 3.53. The largest absolute Gasteiger partial charge is 0.375 e. The number of hydrogen-bond donors (Lipinski definition) is 1. The number of hydrogen-bond acceptors (Lipinski definition) is 4. The molecule has 1 heterocycles. The van der Waals surface area contributed by atoms with Crippen LogP contribution in [-0.4, -0.2) is 56.6 Å². The van der Waals surface area contributed by atoms with Crippen molar-refractivity contribution in [1.82, 2.24) is 4.90 Å². The van der Waals surface area contributed by atoms with Gasteiger partial charge in [0.05, 0.1) is 0 Å². The normalized spacial score (nSPS) is 15.0. The van der Waals surface area contributed by atoms with Gasteiger partial charge in [-0.25, -0.2) is 0 Å². The molecule has 0 unspecified atom stereocenters. The molecule has 0 saturated carbocycles. The van der Waals surface area contributed by atoms with Gasteiger partial charge in [0.1, 0.15) is 0 Å². The minimum atomic E-state index is -0.0764. The van der Waals surface area contributed by atoms with Gasteiger partial charge in [-0.05, 0) is 63.2 Å². The standard InChI is InChI=1S/C23H32N4O/c1-5-25(4)22-8-6-7-20(17-22)24-23(28)19-9-11-21(12-10-19)27-15-13-26(14-16-27)18(2)3/h6-12,17-18H,5,13-16H2,1-4H3,(H,24,28). The molecule has 0 aromatic heterocycles. The van der Waals surface area contributed by atoms with Gasteiger partial charge in [-0.1, -0.05) is 6.07 Å². The fraction of sp³-hybridized carbons (Fsp3) is 0.435. The van der Waals surface area contributed by atoms with Crippen LogP contribution < -0.4 is 15.1 Å². The molecule has 0 aliphatic carbocycles. The van der Waals surface area contributed by atoms with E-state index in [1.807, 2.05) is 43.4 Å². The predicted octanol–water partition coefficient (Wildman–Crippen LogP) is 3.93. The van der Waals surface area contributed by atoms with Gasteiger partial charge in [-0.15, -0.1) is 0 Å². The van der Waals surface area contributed by atoms with Gasteiger partial charge >= 0.3 is 0 Å². The van der Waals surface area contributed by atoms with Crippen molar-refractivity contribution in [2.75, 3.05) is 54.9 Å². The van der Waals surface area contributed by atoms with Crippen molar-refractivity contribution >= 4 is 23.0 Å². The van der Waals surface area contributed by atoms with E-state index in [0.29, 0.717) is 11.6 Å². The molecule has 1 N–H and O–H groups in total. The lowest BCUT2D eigenvalue weighted by atomic mass is 10.1. The molecular formula is C23H32N4O. The van der Waals surface area contributed by atoms with Crippen LogP contribution in [0, 0.1) is 0 Å². The second-order valence-corrected chi connectivity index (χ2v) is 7.68. The van der Waals surface area contributed by atoms with Gasteiger partial charge < -0.3 is 15.1 Å². The maximum atomic E-state index is 12.6. The summed E-state index contributed by atoms with van der Waals surface area (Å²) in [5.74, 6) is -0.0764. The van der Waals surface area contributed by atoms with Gasteiger partial charge in [0, 0.05) is 68.4 Å². The maximum absolute atomic E-state index is 12.6. The van der Waals surface area contributed by atoms with Crippen molar-refractivity contribution in [3.8, 4) is 0 Å². The maximum Gasteiger partial charge on any atom is 0.255 e. The lowest BCUT2D eigenvalue weighted by molar-refractivity contribution is 0.102. The first kappa shape index (κ1) is 20.2. The van der Waals surface area contributed by atoms with Crippen LogP contribution in [0.5, 0.6) is 0 Å². The first-order chi connectivity index (χ1) is 13.5. The second kappa shape index (κ2) is 9.11. The summed E-state index contributed by atoms with van der Waals surface area (Å²) >= 11 is 0. The van der Waals surface area contributed by atoms with Crippen LogP contribution in [0.1, 0.15) is 31.1 Å². The molecular weight excluding hydrogens is 348 g/mol. The highest BCUT2D eigenvalue weighted by atomic mass is 16.1. The lowest BCUT2D eigenvalue weighted by Gasteiger charge is -2.38. The Morgan fingerprint density at radius 3 is 2.36 bits per heavy atom. The van der Waals surface area contributed by atoms with E-state index in [4.69, 9.17) is 0 Å². The van der Waals surface area contributed by atoms with Gasteiger partial charge in [0.2, 0.25) is 0 Å². The summed E-state index contributed by atoms with van der Waals surface area (Å²) in [4.78, 5) is 19.7. The minimum Gasteiger partial charge on any atom is -0.375 e. The zero-order valence-electron chi connectivity index (χ0n) is 17.5. The number of benzene rings is 2. The zero-order chi connectivity index (χ0) is 20.1. The van der Waals surface area contributed by atoms with Gasteiger partial charge in [-0.2, -0.15) is 0 Å². The third-order valence-corrected chi connectivity index (χ3v) is 5.56. The first-order valence-corrected chi connectivity index (χ1v) is 10.2. The monoisotopic (exact) mass is 380 g/mol. The summed E-state index contributed by atoms with van der Waals surface area (Å²) in [6, 6.07) is 16.5. The lowest BCUT2D eigenvalue weighted by Crippen LogP contribution is -2.48. The first-order valence-electron chi connectivity index (χ1n) is 10.2. The number of nitrogens with zero attached hydrogens (tertiary/aromatic N) is 3. The molecule has 1 fully saturated rings. The van der Waals surface area contributed by atoms with E-state index in [2.05, 4.69) is 52.9 Å². The van der Waals surface area contributed by atoms with E-state index in [1.165, 1.54) is 5.69 Å². The Morgan fingerprint density at radius 1 is 1.07 bits per heavy atom.